The van der Waals surface area contributed by atoms with Crippen LogP contribution in [0.25, 0.3) is 0 Å². The summed E-state index contributed by atoms with van der Waals surface area (Å²) in [7, 11) is 0. The smallest absolute Gasteiger partial charge is 0.264 e. The molecule has 2 fully saturated rings. The normalized spacial score (nSPS) is 24.9. The molecule has 4 rings (SSSR count). The number of carbonyl (C=O) groups is 1. The summed E-state index contributed by atoms with van der Waals surface area (Å²) in [6.07, 6.45) is 8.57. The van der Waals surface area contributed by atoms with Crippen molar-refractivity contribution in [3.05, 3.63) is 21.4 Å². The lowest BCUT2D eigenvalue weighted by Crippen LogP contribution is -2.42. The molecule has 1 saturated heterocycles. The molecule has 114 valence electrons. The summed E-state index contributed by atoms with van der Waals surface area (Å²) in [6, 6.07) is 2.71. The van der Waals surface area contributed by atoms with E-state index in [1.807, 2.05) is 0 Å². The van der Waals surface area contributed by atoms with E-state index in [1.165, 1.54) is 55.4 Å². The van der Waals surface area contributed by atoms with Crippen molar-refractivity contribution in [2.75, 3.05) is 19.6 Å². The van der Waals surface area contributed by atoms with Crippen LogP contribution in [0, 0.1) is 5.92 Å². The van der Waals surface area contributed by atoms with Gasteiger partial charge >= 0.3 is 0 Å². The Morgan fingerprint density at radius 2 is 2.19 bits per heavy atom. The number of aryl methyl sites for hydroxylation is 2. The van der Waals surface area contributed by atoms with Gasteiger partial charge in [0.15, 0.2) is 0 Å². The average molecular weight is 304 g/mol. The van der Waals surface area contributed by atoms with Crippen LogP contribution in [0.3, 0.4) is 0 Å². The number of thiophene rings is 1. The second-order valence-electron chi connectivity index (χ2n) is 6.81. The Morgan fingerprint density at radius 3 is 2.90 bits per heavy atom. The van der Waals surface area contributed by atoms with E-state index in [0.29, 0.717) is 17.9 Å². The van der Waals surface area contributed by atoms with Crippen molar-refractivity contribution >= 4 is 17.2 Å². The van der Waals surface area contributed by atoms with Crippen molar-refractivity contribution in [2.24, 2.45) is 5.92 Å². The van der Waals surface area contributed by atoms with Gasteiger partial charge in [0, 0.05) is 17.5 Å². The third-order valence-corrected chi connectivity index (χ3v) is 6.28. The maximum atomic E-state index is 12.9. The molecule has 1 atom stereocenters. The van der Waals surface area contributed by atoms with Crippen LogP contribution in [0.4, 0.5) is 0 Å². The SMILES string of the molecule is O=C(c1cc2c(s1)CCC2)N(CC1CCCNC1)C1CC1. The first-order valence-corrected chi connectivity index (χ1v) is 9.26. The number of rotatable bonds is 4. The van der Waals surface area contributed by atoms with Crippen LogP contribution in [0.5, 0.6) is 0 Å². The summed E-state index contributed by atoms with van der Waals surface area (Å²) < 4.78 is 0. The molecular formula is C17H24N2OS. The summed E-state index contributed by atoms with van der Waals surface area (Å²) >= 11 is 1.76. The lowest BCUT2D eigenvalue weighted by molar-refractivity contribution is 0.0709. The lowest BCUT2D eigenvalue weighted by Gasteiger charge is -2.30. The molecule has 1 saturated carbocycles. The molecule has 1 aromatic rings. The van der Waals surface area contributed by atoms with E-state index in [0.717, 1.165) is 24.5 Å². The summed E-state index contributed by atoms with van der Waals surface area (Å²) in [6.45, 7) is 3.18. The quantitative estimate of drug-likeness (QED) is 0.927. The molecule has 4 heteroatoms. The van der Waals surface area contributed by atoms with E-state index < -0.39 is 0 Å². The highest BCUT2D eigenvalue weighted by Gasteiger charge is 2.35. The highest BCUT2D eigenvalue weighted by molar-refractivity contribution is 7.14. The number of piperidine rings is 1. The zero-order chi connectivity index (χ0) is 14.2. The van der Waals surface area contributed by atoms with Crippen LogP contribution < -0.4 is 5.32 Å². The van der Waals surface area contributed by atoms with Gasteiger partial charge in [-0.15, -0.1) is 11.3 Å². The van der Waals surface area contributed by atoms with Crippen molar-refractivity contribution in [1.82, 2.24) is 10.2 Å². The first-order valence-electron chi connectivity index (χ1n) is 8.44. The molecule has 1 N–H and O–H groups in total. The van der Waals surface area contributed by atoms with Crippen molar-refractivity contribution in [3.8, 4) is 0 Å². The van der Waals surface area contributed by atoms with Gasteiger partial charge in [-0.1, -0.05) is 0 Å². The number of amides is 1. The Bertz CT molecular complexity index is 507. The van der Waals surface area contributed by atoms with Crippen LogP contribution in [-0.4, -0.2) is 36.5 Å². The predicted molar refractivity (Wildman–Crippen MR) is 86.0 cm³/mol. The van der Waals surface area contributed by atoms with E-state index in [2.05, 4.69) is 16.3 Å². The van der Waals surface area contributed by atoms with Crippen LogP contribution in [0.2, 0.25) is 0 Å². The Morgan fingerprint density at radius 1 is 1.29 bits per heavy atom. The first kappa shape index (κ1) is 13.8. The van der Waals surface area contributed by atoms with Gasteiger partial charge in [-0.25, -0.2) is 0 Å². The second-order valence-corrected chi connectivity index (χ2v) is 7.95. The maximum absolute atomic E-state index is 12.9. The van der Waals surface area contributed by atoms with Crippen molar-refractivity contribution < 1.29 is 4.79 Å². The number of nitrogens with one attached hydrogen (secondary N) is 1. The molecule has 1 aromatic heterocycles. The van der Waals surface area contributed by atoms with Crippen molar-refractivity contribution in [1.29, 1.82) is 0 Å². The lowest BCUT2D eigenvalue weighted by atomic mass is 9.99. The maximum Gasteiger partial charge on any atom is 0.264 e. The molecule has 1 amide bonds. The van der Waals surface area contributed by atoms with Crippen LogP contribution in [0.15, 0.2) is 6.07 Å². The van der Waals surface area contributed by atoms with E-state index in [4.69, 9.17) is 0 Å². The molecule has 0 spiro atoms. The summed E-state index contributed by atoms with van der Waals surface area (Å²) in [4.78, 5) is 17.6. The number of fused-ring (bicyclic) bond motifs is 1. The van der Waals surface area contributed by atoms with Crippen molar-refractivity contribution in [2.45, 2.75) is 51.0 Å². The average Bonchev–Trinajstić information content (AvgIpc) is 3.11. The van der Waals surface area contributed by atoms with E-state index in [1.54, 1.807) is 11.3 Å². The topological polar surface area (TPSA) is 32.3 Å². The molecular weight excluding hydrogens is 280 g/mol. The third kappa shape index (κ3) is 2.88. The van der Waals surface area contributed by atoms with Gasteiger partial charge in [0.2, 0.25) is 0 Å². The van der Waals surface area contributed by atoms with Gasteiger partial charge in [-0.05, 0) is 75.6 Å². The molecule has 3 nitrogen and oxygen atoms in total. The van der Waals surface area contributed by atoms with Crippen molar-refractivity contribution in [3.63, 3.8) is 0 Å². The minimum atomic E-state index is 0.308. The van der Waals surface area contributed by atoms with Gasteiger partial charge in [-0.3, -0.25) is 4.79 Å². The Kier molecular flexibility index (Phi) is 3.76. The number of nitrogens with zero attached hydrogens (tertiary/aromatic N) is 1. The minimum Gasteiger partial charge on any atom is -0.335 e. The predicted octanol–water partition coefficient (Wildman–Crippen LogP) is 2.84. The molecule has 2 heterocycles. The highest BCUT2D eigenvalue weighted by Crippen LogP contribution is 2.34. The molecule has 0 bridgehead atoms. The molecule has 1 unspecified atom stereocenters. The monoisotopic (exact) mass is 304 g/mol. The van der Waals surface area contributed by atoms with Gasteiger partial charge in [0.25, 0.3) is 5.91 Å². The van der Waals surface area contributed by atoms with Crippen LogP contribution in [0.1, 0.15) is 52.2 Å². The highest BCUT2D eigenvalue weighted by atomic mass is 32.1. The summed E-state index contributed by atoms with van der Waals surface area (Å²) in [5, 5.41) is 3.47. The fourth-order valence-electron chi connectivity index (χ4n) is 3.72. The Balaban J connectivity index is 1.48. The van der Waals surface area contributed by atoms with Gasteiger partial charge in [-0.2, -0.15) is 0 Å². The fraction of sp³-hybridized carbons (Fsp3) is 0.706. The molecule has 2 aliphatic carbocycles. The zero-order valence-corrected chi connectivity index (χ0v) is 13.4. The third-order valence-electron chi connectivity index (χ3n) is 5.06. The molecule has 0 radical (unpaired) electrons. The number of hydrogen-bond acceptors (Lipinski definition) is 3. The van der Waals surface area contributed by atoms with Crippen LogP contribution in [-0.2, 0) is 12.8 Å². The molecule has 3 aliphatic rings. The number of carbonyl (C=O) groups excluding carboxylic acids is 1. The molecule has 21 heavy (non-hydrogen) atoms. The molecule has 0 aromatic carbocycles. The summed E-state index contributed by atoms with van der Waals surface area (Å²) in [5.41, 5.74) is 1.44. The second kappa shape index (κ2) is 5.73. The van der Waals surface area contributed by atoms with Gasteiger partial charge < -0.3 is 10.2 Å². The minimum absolute atomic E-state index is 0.308. The Hall–Kier alpha value is -0.870. The number of hydrogen-bond donors (Lipinski definition) is 1. The van der Waals surface area contributed by atoms with E-state index >= 15 is 0 Å². The van der Waals surface area contributed by atoms with E-state index in [-0.39, 0.29) is 0 Å². The van der Waals surface area contributed by atoms with Gasteiger partial charge in [0.1, 0.15) is 0 Å². The van der Waals surface area contributed by atoms with E-state index in [9.17, 15) is 4.79 Å². The largest absolute Gasteiger partial charge is 0.335 e. The summed E-state index contributed by atoms with van der Waals surface area (Å²) in [5.74, 6) is 0.956. The standard InChI is InChI=1S/C17H24N2OS/c20-17(16-9-13-4-1-5-15(13)21-16)19(14-6-7-14)11-12-3-2-8-18-10-12/h9,12,14,18H,1-8,10-11H2. The van der Waals surface area contributed by atoms with Gasteiger partial charge in [0.05, 0.1) is 4.88 Å². The zero-order valence-electron chi connectivity index (χ0n) is 12.6. The first-order chi connectivity index (χ1) is 10.3. The fourth-order valence-corrected chi connectivity index (χ4v) is 4.93. The molecule has 1 aliphatic heterocycles. The van der Waals surface area contributed by atoms with Crippen LogP contribution >= 0.6 is 11.3 Å². The Labute approximate surface area is 130 Å².